The van der Waals surface area contributed by atoms with Crippen LogP contribution in [0.4, 0.5) is 5.69 Å². The minimum absolute atomic E-state index is 0.355. The molecule has 1 aromatic carbocycles. The van der Waals surface area contributed by atoms with Crippen molar-refractivity contribution in [3.63, 3.8) is 0 Å². The molecule has 0 spiro atoms. The summed E-state index contributed by atoms with van der Waals surface area (Å²) >= 11 is 0. The van der Waals surface area contributed by atoms with Gasteiger partial charge in [0, 0.05) is 19.4 Å². The minimum Gasteiger partial charge on any atom is -0.289 e. The highest BCUT2D eigenvalue weighted by atomic mass is 16.2. The third-order valence-corrected chi connectivity index (χ3v) is 3.22. The minimum atomic E-state index is -1.11. The van der Waals surface area contributed by atoms with E-state index in [9.17, 15) is 20.1 Å². The number of nitriles is 2. The first kappa shape index (κ1) is 13.6. The van der Waals surface area contributed by atoms with Crippen molar-refractivity contribution in [1.29, 1.82) is 10.5 Å². The summed E-state index contributed by atoms with van der Waals surface area (Å²) in [4.78, 5) is 26.0. The van der Waals surface area contributed by atoms with E-state index in [4.69, 9.17) is 0 Å². The van der Waals surface area contributed by atoms with Crippen LogP contribution >= 0.6 is 0 Å². The molecule has 0 aliphatic carbocycles. The highest BCUT2D eigenvalue weighted by Gasteiger charge is 2.42. The molecule has 1 heterocycles. The number of hydrogen-bond acceptors (Lipinski definition) is 4. The van der Waals surface area contributed by atoms with E-state index in [1.54, 1.807) is 24.3 Å². The van der Waals surface area contributed by atoms with E-state index < -0.39 is 18.1 Å². The Bertz CT molecular complexity index is 656. The summed E-state index contributed by atoms with van der Waals surface area (Å²) < 4.78 is 0. The molecule has 6 heteroatoms. The molecular weight excluding hydrogens is 256 g/mol. The average Bonchev–Trinajstić information content (AvgIpc) is 2.43. The summed E-state index contributed by atoms with van der Waals surface area (Å²) in [6.07, 6.45) is -1.11. The molecule has 0 saturated heterocycles. The van der Waals surface area contributed by atoms with E-state index in [-0.39, 0.29) is 5.91 Å². The Balaban J connectivity index is 2.73. The maximum absolute atomic E-state index is 11.8. The number of fused-ring (bicyclic) bond motifs is 1. The first-order chi connectivity index (χ1) is 9.52. The van der Waals surface area contributed by atoms with Crippen molar-refractivity contribution in [3.05, 3.63) is 29.8 Å². The number of para-hydroxylation sites is 1. The van der Waals surface area contributed by atoms with Gasteiger partial charge in [0.1, 0.15) is 12.1 Å². The van der Waals surface area contributed by atoms with Crippen molar-refractivity contribution in [3.8, 4) is 12.1 Å². The van der Waals surface area contributed by atoms with Crippen molar-refractivity contribution < 1.29 is 9.59 Å². The maximum atomic E-state index is 11.8. The molecule has 0 bridgehead atoms. The number of hydrogen-bond donors (Lipinski definition) is 0. The third kappa shape index (κ3) is 1.88. The highest BCUT2D eigenvalue weighted by Crippen LogP contribution is 2.38. The molecule has 2 unspecified atom stereocenters. The molecule has 2 amide bonds. The number of anilines is 1. The van der Waals surface area contributed by atoms with Gasteiger partial charge in [-0.25, -0.2) is 0 Å². The SMILES string of the molecule is CC(=O)N1c2ccccc2C(C#N)N(C(C)=O)C1C#N. The number of benzene rings is 1. The molecule has 0 radical (unpaired) electrons. The smallest absolute Gasteiger partial charge is 0.226 e. The average molecular weight is 268 g/mol. The number of carbonyl (C=O) groups excluding carboxylic acids is 2. The van der Waals surface area contributed by atoms with E-state index >= 15 is 0 Å². The first-order valence-electron chi connectivity index (χ1n) is 5.99. The topological polar surface area (TPSA) is 88.2 Å². The van der Waals surface area contributed by atoms with Crippen LogP contribution in [0.3, 0.4) is 0 Å². The lowest BCUT2D eigenvalue weighted by Gasteiger charge is -2.42. The van der Waals surface area contributed by atoms with Gasteiger partial charge in [0.2, 0.25) is 18.0 Å². The van der Waals surface area contributed by atoms with Gasteiger partial charge in [0.05, 0.1) is 11.8 Å². The van der Waals surface area contributed by atoms with Gasteiger partial charge < -0.3 is 0 Å². The summed E-state index contributed by atoms with van der Waals surface area (Å²) in [5.74, 6) is -0.782. The van der Waals surface area contributed by atoms with Crippen LogP contribution in [0.5, 0.6) is 0 Å². The lowest BCUT2D eigenvalue weighted by molar-refractivity contribution is -0.132. The lowest BCUT2D eigenvalue weighted by Crippen LogP contribution is -2.56. The molecule has 20 heavy (non-hydrogen) atoms. The van der Waals surface area contributed by atoms with Crippen molar-refractivity contribution in [1.82, 2.24) is 4.90 Å². The Morgan fingerprint density at radius 2 is 1.75 bits per heavy atom. The van der Waals surface area contributed by atoms with Crippen molar-refractivity contribution in [2.24, 2.45) is 0 Å². The molecule has 1 aliphatic rings. The number of carbonyl (C=O) groups is 2. The molecule has 2 atom stereocenters. The standard InChI is InChI=1S/C14H12N4O2/c1-9(19)17-12-6-4-3-5-11(12)13(7-15)18(10(2)20)14(17)8-16/h3-6,13-14H,1-2H3. The van der Waals surface area contributed by atoms with Gasteiger partial charge in [-0.3, -0.25) is 19.4 Å². The Labute approximate surface area is 116 Å². The molecule has 0 N–H and O–H groups in total. The van der Waals surface area contributed by atoms with Crippen LogP contribution < -0.4 is 4.90 Å². The number of amides is 2. The van der Waals surface area contributed by atoms with Crippen LogP contribution in [0.1, 0.15) is 25.5 Å². The van der Waals surface area contributed by atoms with E-state index in [0.29, 0.717) is 11.3 Å². The van der Waals surface area contributed by atoms with Gasteiger partial charge in [0.15, 0.2) is 0 Å². The second-order valence-corrected chi connectivity index (χ2v) is 4.41. The molecule has 1 aliphatic heterocycles. The van der Waals surface area contributed by atoms with Gasteiger partial charge in [-0.1, -0.05) is 18.2 Å². The van der Waals surface area contributed by atoms with Gasteiger partial charge >= 0.3 is 0 Å². The van der Waals surface area contributed by atoms with Crippen molar-refractivity contribution in [2.75, 3.05) is 4.90 Å². The molecule has 2 rings (SSSR count). The second kappa shape index (κ2) is 5.02. The Hall–Kier alpha value is -2.86. The lowest BCUT2D eigenvalue weighted by atomic mass is 9.98. The van der Waals surface area contributed by atoms with Crippen LogP contribution in [0.25, 0.3) is 0 Å². The van der Waals surface area contributed by atoms with Gasteiger partial charge in [-0.05, 0) is 6.07 Å². The van der Waals surface area contributed by atoms with Crippen LogP contribution in [0, 0.1) is 22.7 Å². The van der Waals surface area contributed by atoms with Crippen molar-refractivity contribution in [2.45, 2.75) is 26.1 Å². The van der Waals surface area contributed by atoms with E-state index in [1.807, 2.05) is 12.1 Å². The Kier molecular flexibility index (Phi) is 3.41. The van der Waals surface area contributed by atoms with Gasteiger partial charge in [-0.15, -0.1) is 0 Å². The third-order valence-electron chi connectivity index (χ3n) is 3.22. The molecule has 100 valence electrons. The fourth-order valence-electron chi connectivity index (χ4n) is 2.43. The van der Waals surface area contributed by atoms with Crippen LogP contribution in [0.2, 0.25) is 0 Å². The normalized spacial score (nSPS) is 20.6. The summed E-state index contributed by atoms with van der Waals surface area (Å²) in [5.41, 5.74) is 1.04. The molecule has 1 aromatic rings. The summed E-state index contributed by atoms with van der Waals surface area (Å²) in [5, 5.41) is 18.7. The summed E-state index contributed by atoms with van der Waals surface area (Å²) in [6.45, 7) is 2.60. The molecule has 0 saturated carbocycles. The quantitative estimate of drug-likeness (QED) is 0.709. The second-order valence-electron chi connectivity index (χ2n) is 4.41. The Morgan fingerprint density at radius 3 is 2.25 bits per heavy atom. The highest BCUT2D eigenvalue weighted by molar-refractivity contribution is 5.95. The molecule has 0 aromatic heterocycles. The first-order valence-corrected chi connectivity index (χ1v) is 5.99. The zero-order valence-corrected chi connectivity index (χ0v) is 11.1. The predicted octanol–water partition coefficient (Wildman–Crippen LogP) is 1.32. The molecular formula is C14H12N4O2. The predicted molar refractivity (Wildman–Crippen MR) is 69.9 cm³/mol. The number of rotatable bonds is 0. The zero-order valence-electron chi connectivity index (χ0n) is 11.1. The summed E-state index contributed by atoms with van der Waals surface area (Å²) in [7, 11) is 0. The largest absolute Gasteiger partial charge is 0.289 e. The van der Waals surface area contributed by atoms with Crippen LogP contribution in [0.15, 0.2) is 24.3 Å². The van der Waals surface area contributed by atoms with E-state index in [1.165, 1.54) is 18.7 Å². The molecule has 6 nitrogen and oxygen atoms in total. The number of nitrogens with zero attached hydrogens (tertiary/aromatic N) is 4. The van der Waals surface area contributed by atoms with Gasteiger partial charge in [0.25, 0.3) is 0 Å². The Morgan fingerprint density at radius 1 is 1.10 bits per heavy atom. The van der Waals surface area contributed by atoms with E-state index in [0.717, 1.165) is 4.90 Å². The monoisotopic (exact) mass is 268 g/mol. The van der Waals surface area contributed by atoms with Crippen LogP contribution in [-0.2, 0) is 9.59 Å². The van der Waals surface area contributed by atoms with E-state index in [2.05, 4.69) is 0 Å². The van der Waals surface area contributed by atoms with Gasteiger partial charge in [-0.2, -0.15) is 10.5 Å². The van der Waals surface area contributed by atoms with Crippen LogP contribution in [-0.4, -0.2) is 22.9 Å². The maximum Gasteiger partial charge on any atom is 0.226 e. The fraction of sp³-hybridized carbons (Fsp3) is 0.286. The fourth-order valence-corrected chi connectivity index (χ4v) is 2.43. The van der Waals surface area contributed by atoms with Crippen molar-refractivity contribution >= 4 is 17.5 Å². The molecule has 0 fully saturated rings. The summed E-state index contributed by atoms with van der Waals surface area (Å²) in [6, 6.07) is 9.90. The zero-order chi connectivity index (χ0) is 14.9.